The number of halogens is 1. The summed E-state index contributed by atoms with van der Waals surface area (Å²) in [5, 5.41) is 3.59. The molecule has 0 aromatic heterocycles. The SMILES string of the molecule is C=CCNC(=O)C[NH+]1CCN(c2cccc(Cl)c2)CC1. The van der Waals surface area contributed by atoms with Crippen LogP contribution in [0.25, 0.3) is 0 Å². The summed E-state index contributed by atoms with van der Waals surface area (Å²) >= 11 is 6.02. The molecule has 0 unspecified atom stereocenters. The van der Waals surface area contributed by atoms with Gasteiger partial charge in [0.15, 0.2) is 6.54 Å². The van der Waals surface area contributed by atoms with Gasteiger partial charge in [0.05, 0.1) is 26.2 Å². The van der Waals surface area contributed by atoms with Crippen molar-refractivity contribution < 1.29 is 9.69 Å². The summed E-state index contributed by atoms with van der Waals surface area (Å²) in [6.45, 7) is 8.50. The van der Waals surface area contributed by atoms with Crippen molar-refractivity contribution in [3.63, 3.8) is 0 Å². The number of quaternary nitrogens is 1. The minimum atomic E-state index is 0.0936. The van der Waals surface area contributed by atoms with E-state index < -0.39 is 0 Å². The first-order valence-electron chi connectivity index (χ1n) is 6.90. The van der Waals surface area contributed by atoms with E-state index in [0.29, 0.717) is 13.1 Å². The number of hydrogen-bond acceptors (Lipinski definition) is 2. The molecular formula is C15H21ClN3O+. The highest BCUT2D eigenvalue weighted by atomic mass is 35.5. The fraction of sp³-hybridized carbons (Fsp3) is 0.400. The van der Waals surface area contributed by atoms with Gasteiger partial charge in [-0.3, -0.25) is 4.79 Å². The molecule has 0 atom stereocenters. The Morgan fingerprint density at radius 2 is 2.20 bits per heavy atom. The summed E-state index contributed by atoms with van der Waals surface area (Å²) in [6.07, 6.45) is 1.70. The van der Waals surface area contributed by atoms with Crippen LogP contribution in [0.1, 0.15) is 0 Å². The summed E-state index contributed by atoms with van der Waals surface area (Å²) in [5.74, 6) is 0.0936. The van der Waals surface area contributed by atoms with E-state index in [1.807, 2.05) is 18.2 Å². The van der Waals surface area contributed by atoms with Crippen LogP contribution < -0.4 is 15.1 Å². The average molecular weight is 295 g/mol. The Morgan fingerprint density at radius 1 is 1.45 bits per heavy atom. The van der Waals surface area contributed by atoms with Crippen molar-refractivity contribution in [3.05, 3.63) is 41.9 Å². The summed E-state index contributed by atoms with van der Waals surface area (Å²) in [4.78, 5) is 15.3. The average Bonchev–Trinajstić information content (AvgIpc) is 2.46. The number of anilines is 1. The topological polar surface area (TPSA) is 36.8 Å². The van der Waals surface area contributed by atoms with E-state index >= 15 is 0 Å². The lowest BCUT2D eigenvalue weighted by molar-refractivity contribution is -0.892. The molecule has 5 heteroatoms. The standard InChI is InChI=1S/C15H20ClN3O/c1-2-6-17-15(20)12-18-7-9-19(10-8-18)14-5-3-4-13(16)11-14/h2-5,11H,1,6-10,12H2,(H,17,20)/p+1. The van der Waals surface area contributed by atoms with Gasteiger partial charge in [-0.15, -0.1) is 6.58 Å². The Balaban J connectivity index is 1.80. The van der Waals surface area contributed by atoms with Crippen LogP contribution >= 0.6 is 11.6 Å². The van der Waals surface area contributed by atoms with Crippen molar-refractivity contribution in [2.75, 3.05) is 44.2 Å². The van der Waals surface area contributed by atoms with Crippen molar-refractivity contribution in [2.24, 2.45) is 0 Å². The van der Waals surface area contributed by atoms with Crippen molar-refractivity contribution >= 4 is 23.2 Å². The molecule has 1 aliphatic heterocycles. The second-order valence-corrected chi connectivity index (χ2v) is 5.42. The molecule has 0 aliphatic carbocycles. The number of benzene rings is 1. The van der Waals surface area contributed by atoms with Gasteiger partial charge in [-0.2, -0.15) is 0 Å². The smallest absolute Gasteiger partial charge is 0.275 e. The van der Waals surface area contributed by atoms with E-state index in [0.717, 1.165) is 36.9 Å². The molecule has 1 aromatic rings. The van der Waals surface area contributed by atoms with E-state index in [-0.39, 0.29) is 5.91 Å². The fourth-order valence-corrected chi connectivity index (χ4v) is 2.59. The van der Waals surface area contributed by atoms with E-state index in [2.05, 4.69) is 22.9 Å². The lowest BCUT2D eigenvalue weighted by atomic mass is 10.2. The first-order valence-corrected chi connectivity index (χ1v) is 7.28. The van der Waals surface area contributed by atoms with Crippen LogP contribution in [-0.2, 0) is 4.79 Å². The van der Waals surface area contributed by atoms with Gasteiger partial charge in [0.25, 0.3) is 5.91 Å². The lowest BCUT2D eigenvalue weighted by Crippen LogP contribution is -3.15. The van der Waals surface area contributed by atoms with Crippen LogP contribution in [0.4, 0.5) is 5.69 Å². The van der Waals surface area contributed by atoms with Crippen LogP contribution in [0.5, 0.6) is 0 Å². The Hall–Kier alpha value is -1.52. The second kappa shape index (κ2) is 7.31. The third kappa shape index (κ3) is 4.25. The predicted octanol–water partition coefficient (Wildman–Crippen LogP) is 0.347. The molecule has 1 aliphatic rings. The first-order chi connectivity index (χ1) is 9.69. The number of hydrogen-bond donors (Lipinski definition) is 2. The maximum atomic E-state index is 11.7. The summed E-state index contributed by atoms with van der Waals surface area (Å²) < 4.78 is 0. The summed E-state index contributed by atoms with van der Waals surface area (Å²) in [5.41, 5.74) is 1.16. The predicted molar refractivity (Wildman–Crippen MR) is 82.4 cm³/mol. The highest BCUT2D eigenvalue weighted by Crippen LogP contribution is 2.19. The van der Waals surface area contributed by atoms with Gasteiger partial charge >= 0.3 is 0 Å². The molecule has 0 saturated carbocycles. The molecular weight excluding hydrogens is 274 g/mol. The highest BCUT2D eigenvalue weighted by molar-refractivity contribution is 6.30. The highest BCUT2D eigenvalue weighted by Gasteiger charge is 2.22. The normalized spacial score (nSPS) is 15.9. The van der Waals surface area contributed by atoms with Gasteiger partial charge in [-0.25, -0.2) is 0 Å². The Morgan fingerprint density at radius 3 is 2.85 bits per heavy atom. The molecule has 1 saturated heterocycles. The fourth-order valence-electron chi connectivity index (χ4n) is 2.41. The van der Waals surface area contributed by atoms with Gasteiger partial charge in [0.1, 0.15) is 0 Å². The van der Waals surface area contributed by atoms with Crippen molar-refractivity contribution in [1.29, 1.82) is 0 Å². The number of nitrogens with zero attached hydrogens (tertiary/aromatic N) is 1. The lowest BCUT2D eigenvalue weighted by Gasteiger charge is -2.33. The number of piperazine rings is 1. The minimum absolute atomic E-state index is 0.0936. The molecule has 0 bridgehead atoms. The number of nitrogens with one attached hydrogen (secondary N) is 2. The summed E-state index contributed by atoms with van der Waals surface area (Å²) in [7, 11) is 0. The molecule has 1 heterocycles. The third-order valence-corrected chi connectivity index (χ3v) is 3.73. The Bertz CT molecular complexity index is 470. The second-order valence-electron chi connectivity index (χ2n) is 4.99. The number of rotatable bonds is 5. The number of carbonyl (C=O) groups excluding carboxylic acids is 1. The monoisotopic (exact) mass is 294 g/mol. The molecule has 0 radical (unpaired) electrons. The zero-order valence-corrected chi connectivity index (χ0v) is 12.3. The van der Waals surface area contributed by atoms with Crippen LogP contribution in [0.15, 0.2) is 36.9 Å². The maximum absolute atomic E-state index is 11.7. The van der Waals surface area contributed by atoms with Crippen LogP contribution in [0, 0.1) is 0 Å². The first kappa shape index (κ1) is 14.9. The van der Waals surface area contributed by atoms with Crippen molar-refractivity contribution in [2.45, 2.75) is 0 Å². The van der Waals surface area contributed by atoms with Crippen molar-refractivity contribution in [1.82, 2.24) is 5.32 Å². The minimum Gasteiger partial charge on any atom is -0.360 e. The molecule has 20 heavy (non-hydrogen) atoms. The van der Waals surface area contributed by atoms with Crippen LogP contribution in [0.3, 0.4) is 0 Å². The van der Waals surface area contributed by atoms with E-state index in [4.69, 9.17) is 11.6 Å². The van der Waals surface area contributed by atoms with E-state index in [1.165, 1.54) is 4.90 Å². The van der Waals surface area contributed by atoms with Crippen molar-refractivity contribution in [3.8, 4) is 0 Å². The quantitative estimate of drug-likeness (QED) is 0.769. The summed E-state index contributed by atoms with van der Waals surface area (Å²) in [6, 6.07) is 7.92. The van der Waals surface area contributed by atoms with E-state index in [9.17, 15) is 4.79 Å². The molecule has 1 aromatic carbocycles. The third-order valence-electron chi connectivity index (χ3n) is 3.50. The molecule has 4 nitrogen and oxygen atoms in total. The molecule has 108 valence electrons. The van der Waals surface area contributed by atoms with Gasteiger partial charge in [-0.05, 0) is 18.2 Å². The molecule has 1 amide bonds. The number of amides is 1. The largest absolute Gasteiger partial charge is 0.360 e. The molecule has 1 fully saturated rings. The zero-order chi connectivity index (χ0) is 14.4. The van der Waals surface area contributed by atoms with Crippen LogP contribution in [-0.4, -0.2) is 45.2 Å². The Labute approximate surface area is 125 Å². The zero-order valence-electron chi connectivity index (χ0n) is 11.6. The Kier molecular flexibility index (Phi) is 5.44. The van der Waals surface area contributed by atoms with Gasteiger partial charge < -0.3 is 15.1 Å². The number of carbonyl (C=O) groups is 1. The van der Waals surface area contributed by atoms with Gasteiger partial charge in [-0.1, -0.05) is 23.7 Å². The van der Waals surface area contributed by atoms with Gasteiger partial charge in [0.2, 0.25) is 0 Å². The molecule has 2 rings (SSSR count). The van der Waals surface area contributed by atoms with Crippen LogP contribution in [0.2, 0.25) is 5.02 Å². The van der Waals surface area contributed by atoms with Gasteiger partial charge in [0, 0.05) is 17.3 Å². The molecule has 2 N–H and O–H groups in total. The van der Waals surface area contributed by atoms with E-state index in [1.54, 1.807) is 6.08 Å². The maximum Gasteiger partial charge on any atom is 0.275 e. The molecule has 0 spiro atoms.